The molecule has 0 amide bonds. The van der Waals surface area contributed by atoms with Crippen molar-refractivity contribution in [3.8, 4) is 11.3 Å². The summed E-state index contributed by atoms with van der Waals surface area (Å²) < 4.78 is 21.1. The van der Waals surface area contributed by atoms with Gasteiger partial charge in [0.15, 0.2) is 0 Å². The van der Waals surface area contributed by atoms with Crippen LogP contribution in [-0.4, -0.2) is 16.3 Å². The minimum Gasteiger partial charge on any atom is -0.443 e. The van der Waals surface area contributed by atoms with E-state index >= 15 is 0 Å². The number of hydrogen-bond donors (Lipinski definition) is 0. The van der Waals surface area contributed by atoms with Gasteiger partial charge in [-0.15, -0.1) is 0 Å². The van der Waals surface area contributed by atoms with E-state index in [0.717, 1.165) is 5.39 Å². The van der Waals surface area contributed by atoms with Crippen LogP contribution < -0.4 is 0 Å². The van der Waals surface area contributed by atoms with Crippen molar-refractivity contribution in [1.82, 2.24) is 4.57 Å². The number of fused-ring (bicyclic) bond motifs is 1. The van der Waals surface area contributed by atoms with Crippen LogP contribution in [0.15, 0.2) is 54.6 Å². The Kier molecular flexibility index (Phi) is 3.68. The van der Waals surface area contributed by atoms with Crippen LogP contribution in [0.1, 0.15) is 20.8 Å². The van der Waals surface area contributed by atoms with Crippen LogP contribution in [0.25, 0.3) is 22.2 Å². The van der Waals surface area contributed by atoms with Gasteiger partial charge in [0.25, 0.3) is 0 Å². The first-order chi connectivity index (χ1) is 10.9. The Morgan fingerprint density at radius 1 is 1.04 bits per heavy atom. The van der Waals surface area contributed by atoms with Gasteiger partial charge in [0, 0.05) is 10.9 Å². The molecule has 0 saturated heterocycles. The van der Waals surface area contributed by atoms with Gasteiger partial charge in [-0.3, -0.25) is 0 Å². The predicted octanol–water partition coefficient (Wildman–Crippen LogP) is 5.23. The highest BCUT2D eigenvalue weighted by molar-refractivity contribution is 5.96. The van der Waals surface area contributed by atoms with Crippen LogP contribution in [0.4, 0.5) is 9.18 Å². The average Bonchev–Trinajstić information content (AvgIpc) is 2.85. The fraction of sp³-hybridized carbons (Fsp3) is 0.211. The third kappa shape index (κ3) is 2.97. The minimum absolute atomic E-state index is 0.370. The lowest BCUT2D eigenvalue weighted by Gasteiger charge is -2.21. The van der Waals surface area contributed by atoms with Crippen LogP contribution in [-0.2, 0) is 4.74 Å². The van der Waals surface area contributed by atoms with E-state index < -0.39 is 11.7 Å². The molecule has 1 aromatic heterocycles. The summed E-state index contributed by atoms with van der Waals surface area (Å²) in [6.45, 7) is 5.41. The van der Waals surface area contributed by atoms with Gasteiger partial charge >= 0.3 is 6.09 Å². The van der Waals surface area contributed by atoms with Gasteiger partial charge in [-0.1, -0.05) is 30.3 Å². The second-order valence-electron chi connectivity index (χ2n) is 6.38. The molecule has 1 heterocycles. The molecule has 0 atom stereocenters. The normalized spacial score (nSPS) is 11.7. The number of nitrogens with zero attached hydrogens (tertiary/aromatic N) is 1. The van der Waals surface area contributed by atoms with E-state index in [-0.39, 0.29) is 5.82 Å². The van der Waals surface area contributed by atoms with Gasteiger partial charge < -0.3 is 4.74 Å². The largest absolute Gasteiger partial charge is 0.443 e. The van der Waals surface area contributed by atoms with Crippen LogP contribution in [0.2, 0.25) is 0 Å². The van der Waals surface area contributed by atoms with Crippen molar-refractivity contribution in [2.75, 3.05) is 0 Å². The van der Waals surface area contributed by atoms with E-state index in [1.165, 1.54) is 10.6 Å². The lowest BCUT2D eigenvalue weighted by Crippen LogP contribution is -2.27. The highest BCUT2D eigenvalue weighted by Crippen LogP contribution is 2.30. The first-order valence-corrected chi connectivity index (χ1v) is 7.45. The zero-order chi connectivity index (χ0) is 16.6. The molecule has 0 radical (unpaired) electrons. The van der Waals surface area contributed by atoms with E-state index in [9.17, 15) is 9.18 Å². The van der Waals surface area contributed by atoms with E-state index in [2.05, 4.69) is 0 Å². The summed E-state index contributed by atoms with van der Waals surface area (Å²) in [6, 6.07) is 15.6. The summed E-state index contributed by atoms with van der Waals surface area (Å²) in [5.74, 6) is -0.375. The van der Waals surface area contributed by atoms with Crippen molar-refractivity contribution in [3.05, 3.63) is 60.4 Å². The van der Waals surface area contributed by atoms with Crippen molar-refractivity contribution in [2.24, 2.45) is 0 Å². The molecule has 0 aliphatic rings. The molecule has 0 saturated carbocycles. The molecule has 3 aromatic rings. The maximum absolute atomic E-state index is 14.2. The Morgan fingerprint density at radius 3 is 2.39 bits per heavy atom. The maximum atomic E-state index is 14.2. The molecular weight excluding hydrogens is 293 g/mol. The lowest BCUT2D eigenvalue weighted by molar-refractivity contribution is 0.0547. The molecule has 0 aliphatic heterocycles. The minimum atomic E-state index is -0.630. The Balaban J connectivity index is 2.24. The van der Waals surface area contributed by atoms with Crippen LogP contribution in [0.5, 0.6) is 0 Å². The molecular formula is C19H18FNO2. The second-order valence-corrected chi connectivity index (χ2v) is 6.38. The molecule has 23 heavy (non-hydrogen) atoms. The third-order valence-electron chi connectivity index (χ3n) is 3.44. The molecule has 0 N–H and O–H groups in total. The third-order valence-corrected chi connectivity index (χ3v) is 3.44. The first-order valence-electron chi connectivity index (χ1n) is 7.45. The van der Waals surface area contributed by atoms with Crippen molar-refractivity contribution in [3.63, 3.8) is 0 Å². The molecule has 3 nitrogen and oxygen atoms in total. The standard InChI is InChI=1S/C19H18FNO2/c1-19(2,3)23-18(22)21-16-11-7-4-8-13(16)12-17(21)14-9-5-6-10-15(14)20/h4-12H,1-3H3. The van der Waals surface area contributed by atoms with Crippen molar-refractivity contribution in [1.29, 1.82) is 0 Å². The summed E-state index contributed by atoms with van der Waals surface area (Å²) in [6.07, 6.45) is -0.517. The number of carbonyl (C=O) groups excluding carboxylic acids is 1. The fourth-order valence-electron chi connectivity index (χ4n) is 2.53. The van der Waals surface area contributed by atoms with Crippen molar-refractivity contribution >= 4 is 17.0 Å². The van der Waals surface area contributed by atoms with Gasteiger partial charge in [-0.2, -0.15) is 0 Å². The molecule has 0 fully saturated rings. The number of para-hydroxylation sites is 1. The summed E-state index contributed by atoms with van der Waals surface area (Å²) in [4.78, 5) is 12.7. The van der Waals surface area contributed by atoms with Gasteiger partial charge in [-0.05, 0) is 45.0 Å². The molecule has 0 unspecified atom stereocenters. The van der Waals surface area contributed by atoms with E-state index in [1.54, 1.807) is 45.0 Å². The number of rotatable bonds is 1. The summed E-state index contributed by atoms with van der Waals surface area (Å²) in [5.41, 5.74) is 0.919. The lowest BCUT2D eigenvalue weighted by atomic mass is 10.1. The Hall–Kier alpha value is -2.62. The highest BCUT2D eigenvalue weighted by Gasteiger charge is 2.23. The molecule has 0 spiro atoms. The number of aromatic nitrogens is 1. The zero-order valence-corrected chi connectivity index (χ0v) is 13.3. The summed E-state index contributed by atoms with van der Waals surface area (Å²) in [7, 11) is 0. The molecule has 3 rings (SSSR count). The maximum Gasteiger partial charge on any atom is 0.419 e. The number of halogens is 1. The average molecular weight is 311 g/mol. The molecule has 4 heteroatoms. The van der Waals surface area contributed by atoms with Crippen molar-refractivity contribution in [2.45, 2.75) is 26.4 Å². The Bertz CT molecular complexity index is 874. The van der Waals surface area contributed by atoms with E-state index in [1.807, 2.05) is 24.3 Å². The van der Waals surface area contributed by atoms with Gasteiger partial charge in [0.1, 0.15) is 11.4 Å². The first kappa shape index (κ1) is 15.3. The number of ether oxygens (including phenoxy) is 1. The number of carbonyl (C=O) groups is 1. The smallest absolute Gasteiger partial charge is 0.419 e. The quantitative estimate of drug-likeness (QED) is 0.616. The molecule has 2 aromatic carbocycles. The van der Waals surface area contributed by atoms with Crippen LogP contribution in [0, 0.1) is 5.82 Å². The summed E-state index contributed by atoms with van der Waals surface area (Å²) in [5, 5.41) is 0.858. The van der Waals surface area contributed by atoms with Gasteiger partial charge in [0.2, 0.25) is 0 Å². The van der Waals surface area contributed by atoms with Gasteiger partial charge in [-0.25, -0.2) is 13.8 Å². The van der Waals surface area contributed by atoms with Gasteiger partial charge in [0.05, 0.1) is 11.2 Å². The molecule has 118 valence electrons. The van der Waals surface area contributed by atoms with Crippen LogP contribution in [0.3, 0.4) is 0 Å². The zero-order valence-electron chi connectivity index (χ0n) is 13.3. The Morgan fingerprint density at radius 2 is 1.70 bits per heavy atom. The summed E-state index contributed by atoms with van der Waals surface area (Å²) >= 11 is 0. The number of hydrogen-bond acceptors (Lipinski definition) is 2. The van der Waals surface area contributed by atoms with Crippen molar-refractivity contribution < 1.29 is 13.9 Å². The van der Waals surface area contributed by atoms with E-state index in [4.69, 9.17) is 4.74 Å². The number of benzene rings is 2. The monoisotopic (exact) mass is 311 g/mol. The Labute approximate surface area is 134 Å². The van der Waals surface area contributed by atoms with E-state index in [0.29, 0.717) is 16.8 Å². The SMILES string of the molecule is CC(C)(C)OC(=O)n1c(-c2ccccc2F)cc2ccccc21. The highest BCUT2D eigenvalue weighted by atomic mass is 19.1. The fourth-order valence-corrected chi connectivity index (χ4v) is 2.53. The topological polar surface area (TPSA) is 31.2 Å². The second kappa shape index (κ2) is 5.54. The van der Waals surface area contributed by atoms with Crippen LogP contribution >= 0.6 is 0 Å². The molecule has 0 bridgehead atoms. The predicted molar refractivity (Wildman–Crippen MR) is 89.0 cm³/mol. The molecule has 0 aliphatic carbocycles.